The highest BCUT2D eigenvalue weighted by atomic mass is 35.5. The summed E-state index contributed by atoms with van der Waals surface area (Å²) in [7, 11) is 0. The van der Waals surface area contributed by atoms with Crippen LogP contribution in [-0.2, 0) is 0 Å². The van der Waals surface area contributed by atoms with Crippen LogP contribution in [0.4, 0.5) is 24.7 Å². The lowest BCUT2D eigenvalue weighted by Crippen LogP contribution is -2.35. The van der Waals surface area contributed by atoms with Gasteiger partial charge in [0.05, 0.1) is 26.8 Å². The SMILES string of the molecule is O=C(Nc1ccc(Cl)cc1Cl)c1cc2n(n1)C(C(F)(F)F)CC(c1ccc(Cl)c(Cl)c1)N2. The third-order valence-electron chi connectivity index (χ3n) is 4.95. The minimum absolute atomic E-state index is 0.0435. The van der Waals surface area contributed by atoms with E-state index in [2.05, 4.69) is 15.7 Å². The van der Waals surface area contributed by atoms with Gasteiger partial charge in [0.15, 0.2) is 11.7 Å². The van der Waals surface area contributed by atoms with Crippen molar-refractivity contribution >= 4 is 63.8 Å². The second-order valence-corrected chi connectivity index (χ2v) is 8.76. The summed E-state index contributed by atoms with van der Waals surface area (Å²) in [4.78, 5) is 12.6. The summed E-state index contributed by atoms with van der Waals surface area (Å²) >= 11 is 23.8. The van der Waals surface area contributed by atoms with E-state index in [0.29, 0.717) is 15.6 Å². The van der Waals surface area contributed by atoms with Gasteiger partial charge in [-0.2, -0.15) is 18.3 Å². The van der Waals surface area contributed by atoms with Crippen LogP contribution < -0.4 is 10.6 Å². The van der Waals surface area contributed by atoms with Crippen molar-refractivity contribution < 1.29 is 18.0 Å². The smallest absolute Gasteiger partial charge is 0.363 e. The zero-order valence-corrected chi connectivity index (χ0v) is 18.9. The van der Waals surface area contributed by atoms with Gasteiger partial charge >= 0.3 is 6.18 Å². The molecule has 5 nitrogen and oxygen atoms in total. The molecule has 2 unspecified atom stereocenters. The number of nitrogens with zero attached hydrogens (tertiary/aromatic N) is 2. The number of amides is 1. The van der Waals surface area contributed by atoms with E-state index in [4.69, 9.17) is 46.4 Å². The summed E-state index contributed by atoms with van der Waals surface area (Å²) in [5.41, 5.74) is 0.573. The largest absolute Gasteiger partial charge is 0.410 e. The first kappa shape index (κ1) is 23.0. The third-order valence-corrected chi connectivity index (χ3v) is 6.23. The Morgan fingerprint density at radius 2 is 1.78 bits per heavy atom. The minimum atomic E-state index is -4.59. The molecule has 0 fully saturated rings. The van der Waals surface area contributed by atoms with Gasteiger partial charge in [-0.25, -0.2) is 4.68 Å². The molecule has 3 aromatic rings. The number of carbonyl (C=O) groups excluding carboxylic acids is 1. The molecule has 0 spiro atoms. The Balaban J connectivity index is 1.65. The Morgan fingerprint density at radius 3 is 2.44 bits per heavy atom. The van der Waals surface area contributed by atoms with Gasteiger partial charge in [0.2, 0.25) is 0 Å². The Morgan fingerprint density at radius 1 is 1.03 bits per heavy atom. The van der Waals surface area contributed by atoms with Crippen molar-refractivity contribution in [3.63, 3.8) is 0 Å². The lowest BCUT2D eigenvalue weighted by atomic mass is 9.97. The number of hydrogen-bond acceptors (Lipinski definition) is 3. The number of benzene rings is 2. The highest BCUT2D eigenvalue weighted by Gasteiger charge is 2.46. The van der Waals surface area contributed by atoms with E-state index in [1.54, 1.807) is 6.07 Å². The molecule has 2 heterocycles. The van der Waals surface area contributed by atoms with Crippen LogP contribution in [0.5, 0.6) is 0 Å². The lowest BCUT2D eigenvalue weighted by Gasteiger charge is -2.33. The maximum atomic E-state index is 13.8. The molecular formula is C20H13Cl4F3N4O. The predicted molar refractivity (Wildman–Crippen MR) is 119 cm³/mol. The molecular weight excluding hydrogens is 511 g/mol. The normalized spacial score (nSPS) is 18.1. The second kappa shape index (κ2) is 8.67. The van der Waals surface area contributed by atoms with E-state index < -0.39 is 24.2 Å². The molecule has 1 aliphatic rings. The number of halogens is 7. The average molecular weight is 524 g/mol. The van der Waals surface area contributed by atoms with Gasteiger partial charge in [0.1, 0.15) is 5.82 Å². The number of anilines is 2. The standard InChI is InChI=1S/C20H13Cl4F3N4O/c21-10-2-4-14(13(24)6-10)29-19(32)16-8-18-28-15(9-1-3-11(22)12(23)5-9)7-17(20(25,26)27)31(18)30-16/h1-6,8,15,17,28H,7H2,(H,29,32). The van der Waals surface area contributed by atoms with Crippen molar-refractivity contribution in [1.82, 2.24) is 9.78 Å². The number of fused-ring (bicyclic) bond motifs is 1. The van der Waals surface area contributed by atoms with Crippen molar-refractivity contribution in [3.05, 3.63) is 73.8 Å². The quantitative estimate of drug-likeness (QED) is 0.375. The van der Waals surface area contributed by atoms with E-state index in [9.17, 15) is 18.0 Å². The first-order valence-electron chi connectivity index (χ1n) is 9.17. The first-order valence-corrected chi connectivity index (χ1v) is 10.7. The van der Waals surface area contributed by atoms with Crippen molar-refractivity contribution in [1.29, 1.82) is 0 Å². The maximum absolute atomic E-state index is 13.8. The Labute approximate surface area is 200 Å². The summed E-state index contributed by atoms with van der Waals surface area (Å²) in [5.74, 6) is -0.674. The molecule has 2 atom stereocenters. The molecule has 0 bridgehead atoms. The zero-order valence-electron chi connectivity index (χ0n) is 15.9. The monoisotopic (exact) mass is 522 g/mol. The molecule has 1 aliphatic heterocycles. The van der Waals surface area contributed by atoms with Crippen molar-refractivity contribution in [2.45, 2.75) is 24.7 Å². The molecule has 32 heavy (non-hydrogen) atoms. The van der Waals surface area contributed by atoms with E-state index in [1.165, 1.54) is 36.4 Å². The molecule has 2 aromatic carbocycles. The summed E-state index contributed by atoms with van der Waals surface area (Å²) in [6, 6.07) is 7.64. The molecule has 4 rings (SSSR count). The van der Waals surface area contributed by atoms with Gasteiger partial charge in [-0.1, -0.05) is 52.5 Å². The van der Waals surface area contributed by atoms with Crippen LogP contribution in [0.15, 0.2) is 42.5 Å². The van der Waals surface area contributed by atoms with Gasteiger partial charge in [-0.3, -0.25) is 4.79 Å². The Hall–Kier alpha value is -2.13. The fourth-order valence-corrected chi connectivity index (χ4v) is 4.17. The van der Waals surface area contributed by atoms with Crippen molar-refractivity contribution in [2.75, 3.05) is 10.6 Å². The van der Waals surface area contributed by atoms with Crippen LogP contribution in [0, 0.1) is 0 Å². The van der Waals surface area contributed by atoms with Crippen LogP contribution in [0.3, 0.4) is 0 Å². The fraction of sp³-hybridized carbons (Fsp3) is 0.200. The molecule has 0 radical (unpaired) electrons. The number of alkyl halides is 3. The van der Waals surface area contributed by atoms with Gasteiger partial charge in [0.25, 0.3) is 5.91 Å². The highest BCUT2D eigenvalue weighted by molar-refractivity contribution is 6.42. The van der Waals surface area contributed by atoms with Crippen LogP contribution in [0.1, 0.15) is 34.6 Å². The van der Waals surface area contributed by atoms with E-state index in [-0.39, 0.29) is 33.7 Å². The van der Waals surface area contributed by atoms with Gasteiger partial charge < -0.3 is 10.6 Å². The zero-order chi connectivity index (χ0) is 23.2. The molecule has 0 aliphatic carbocycles. The van der Waals surface area contributed by atoms with Crippen molar-refractivity contribution in [3.8, 4) is 0 Å². The van der Waals surface area contributed by atoms with Gasteiger partial charge in [-0.05, 0) is 35.9 Å². The van der Waals surface area contributed by atoms with Gasteiger partial charge in [0, 0.05) is 17.5 Å². The summed E-state index contributed by atoms with van der Waals surface area (Å²) in [6.45, 7) is 0. The van der Waals surface area contributed by atoms with E-state index in [1.807, 2.05) is 0 Å². The molecule has 12 heteroatoms. The third kappa shape index (κ3) is 4.64. The molecule has 1 amide bonds. The fourth-order valence-electron chi connectivity index (χ4n) is 3.41. The predicted octanol–water partition coefficient (Wildman–Crippen LogP) is 7.41. The molecule has 0 saturated heterocycles. The lowest BCUT2D eigenvalue weighted by molar-refractivity contribution is -0.173. The van der Waals surface area contributed by atoms with E-state index in [0.717, 1.165) is 4.68 Å². The Bertz CT molecular complexity index is 1200. The number of nitrogens with one attached hydrogen (secondary N) is 2. The summed E-state index contributed by atoms with van der Waals surface area (Å²) in [5, 5.41) is 10.5. The van der Waals surface area contributed by atoms with E-state index >= 15 is 0 Å². The van der Waals surface area contributed by atoms with Crippen LogP contribution >= 0.6 is 46.4 Å². The summed E-state index contributed by atoms with van der Waals surface area (Å²) < 4.78 is 42.3. The number of hydrogen-bond donors (Lipinski definition) is 2. The van der Waals surface area contributed by atoms with Crippen LogP contribution in [0.25, 0.3) is 0 Å². The second-order valence-electron chi connectivity index (χ2n) is 7.10. The number of carbonyl (C=O) groups is 1. The summed E-state index contributed by atoms with van der Waals surface area (Å²) in [6.07, 6.45) is -4.94. The molecule has 168 valence electrons. The average Bonchev–Trinajstić information content (AvgIpc) is 3.15. The highest BCUT2D eigenvalue weighted by Crippen LogP contribution is 2.44. The molecule has 2 N–H and O–H groups in total. The van der Waals surface area contributed by atoms with Gasteiger partial charge in [-0.15, -0.1) is 0 Å². The minimum Gasteiger partial charge on any atom is -0.363 e. The number of rotatable bonds is 3. The number of aromatic nitrogens is 2. The molecule has 1 aromatic heterocycles. The molecule has 0 saturated carbocycles. The van der Waals surface area contributed by atoms with Crippen LogP contribution in [-0.4, -0.2) is 21.9 Å². The van der Waals surface area contributed by atoms with Crippen molar-refractivity contribution in [2.24, 2.45) is 0 Å². The first-order chi connectivity index (χ1) is 15.0. The topological polar surface area (TPSA) is 59.0 Å². The van der Waals surface area contributed by atoms with Crippen LogP contribution in [0.2, 0.25) is 20.1 Å². The Kier molecular flexibility index (Phi) is 6.24. The maximum Gasteiger partial charge on any atom is 0.410 e.